The number of hydrogen-bond donors (Lipinski definition) is 0. The van der Waals surface area contributed by atoms with E-state index in [0.717, 1.165) is 0 Å². The van der Waals surface area contributed by atoms with Crippen molar-refractivity contribution in [2.45, 2.75) is 26.1 Å². The van der Waals surface area contributed by atoms with Crippen molar-refractivity contribution in [3.8, 4) is 5.75 Å². The third-order valence-electron chi connectivity index (χ3n) is 5.17. The number of morpholine rings is 1. The molecule has 150 valence electrons. The van der Waals surface area contributed by atoms with Gasteiger partial charge in [-0.15, -0.1) is 0 Å². The largest absolute Gasteiger partial charge is 0.497 e. The van der Waals surface area contributed by atoms with Gasteiger partial charge in [-0.25, -0.2) is 4.90 Å². The summed E-state index contributed by atoms with van der Waals surface area (Å²) in [7, 11) is 1.58. The van der Waals surface area contributed by atoms with Crippen LogP contribution in [-0.2, 0) is 9.53 Å². The Labute approximate surface area is 170 Å². The fourth-order valence-corrected chi connectivity index (χ4v) is 3.95. The number of anilines is 1. The standard InChI is InChI=1S/C23H24N2O4/c1-15-12-24(13-16(2)29-15)14-21-19-6-4-5-7-20(19)22(26)25(23(21)27)17-8-10-18(28-3)11-9-17/h4-11,14-16H,12-13H2,1-3H3. The number of nitrogens with zero attached hydrogens (tertiary/aromatic N) is 2. The minimum Gasteiger partial charge on any atom is -0.497 e. The van der Waals surface area contributed by atoms with Crippen LogP contribution in [0.5, 0.6) is 5.75 Å². The molecule has 6 heteroatoms. The monoisotopic (exact) mass is 392 g/mol. The lowest BCUT2D eigenvalue weighted by Gasteiger charge is -2.36. The summed E-state index contributed by atoms with van der Waals surface area (Å²) in [4.78, 5) is 29.9. The number of fused-ring (bicyclic) bond motifs is 1. The van der Waals surface area contributed by atoms with Gasteiger partial charge in [0, 0.05) is 30.4 Å². The highest BCUT2D eigenvalue weighted by atomic mass is 16.5. The molecule has 2 aliphatic rings. The Kier molecular flexibility index (Phi) is 5.11. The number of rotatable bonds is 3. The lowest BCUT2D eigenvalue weighted by molar-refractivity contribution is -0.113. The summed E-state index contributed by atoms with van der Waals surface area (Å²) in [6.45, 7) is 5.43. The quantitative estimate of drug-likeness (QED) is 0.592. The molecule has 0 aromatic heterocycles. The normalized spacial score (nSPS) is 23.3. The predicted molar refractivity (Wildman–Crippen MR) is 111 cm³/mol. The smallest absolute Gasteiger partial charge is 0.267 e. The highest BCUT2D eigenvalue weighted by molar-refractivity contribution is 6.41. The molecule has 1 fully saturated rings. The number of hydrogen-bond acceptors (Lipinski definition) is 5. The van der Waals surface area contributed by atoms with E-state index >= 15 is 0 Å². The molecule has 1 saturated heterocycles. The van der Waals surface area contributed by atoms with E-state index < -0.39 is 0 Å². The van der Waals surface area contributed by atoms with Crippen LogP contribution in [-0.4, -0.2) is 49.1 Å². The zero-order valence-corrected chi connectivity index (χ0v) is 16.8. The molecule has 2 aliphatic heterocycles. The topological polar surface area (TPSA) is 59.1 Å². The lowest BCUT2D eigenvalue weighted by Crippen LogP contribution is -2.45. The highest BCUT2D eigenvalue weighted by Crippen LogP contribution is 2.33. The Morgan fingerprint density at radius 3 is 2.17 bits per heavy atom. The molecule has 0 radical (unpaired) electrons. The van der Waals surface area contributed by atoms with Crippen LogP contribution in [0.15, 0.2) is 54.7 Å². The number of amides is 2. The van der Waals surface area contributed by atoms with Crippen molar-refractivity contribution in [1.29, 1.82) is 0 Å². The van der Waals surface area contributed by atoms with Crippen LogP contribution < -0.4 is 9.64 Å². The van der Waals surface area contributed by atoms with Gasteiger partial charge in [-0.1, -0.05) is 18.2 Å². The van der Waals surface area contributed by atoms with Gasteiger partial charge >= 0.3 is 0 Å². The molecule has 0 spiro atoms. The molecular formula is C23H24N2O4. The van der Waals surface area contributed by atoms with Crippen molar-refractivity contribution in [1.82, 2.24) is 4.90 Å². The van der Waals surface area contributed by atoms with Crippen LogP contribution in [0.2, 0.25) is 0 Å². The van der Waals surface area contributed by atoms with Crippen molar-refractivity contribution < 1.29 is 19.1 Å². The molecule has 0 saturated carbocycles. The first-order valence-corrected chi connectivity index (χ1v) is 9.71. The summed E-state index contributed by atoms with van der Waals surface area (Å²) >= 11 is 0. The van der Waals surface area contributed by atoms with E-state index in [1.165, 1.54) is 4.90 Å². The van der Waals surface area contributed by atoms with E-state index in [4.69, 9.17) is 9.47 Å². The lowest BCUT2D eigenvalue weighted by atomic mass is 9.93. The van der Waals surface area contributed by atoms with Gasteiger partial charge in [0.15, 0.2) is 0 Å². The van der Waals surface area contributed by atoms with Crippen molar-refractivity contribution in [3.63, 3.8) is 0 Å². The second-order valence-corrected chi connectivity index (χ2v) is 7.44. The van der Waals surface area contributed by atoms with E-state index in [2.05, 4.69) is 4.90 Å². The average molecular weight is 392 g/mol. The second kappa shape index (κ2) is 7.72. The van der Waals surface area contributed by atoms with Crippen LogP contribution in [0.4, 0.5) is 5.69 Å². The maximum Gasteiger partial charge on any atom is 0.267 e. The van der Waals surface area contributed by atoms with Crippen LogP contribution in [0.1, 0.15) is 29.8 Å². The van der Waals surface area contributed by atoms with E-state index in [-0.39, 0.29) is 24.0 Å². The molecule has 2 atom stereocenters. The first kappa shape index (κ1) is 19.2. The van der Waals surface area contributed by atoms with Crippen LogP contribution in [0.25, 0.3) is 5.57 Å². The van der Waals surface area contributed by atoms with Crippen molar-refractivity contribution in [3.05, 3.63) is 65.9 Å². The first-order chi connectivity index (χ1) is 14.0. The Morgan fingerprint density at radius 1 is 0.931 bits per heavy atom. The maximum atomic E-state index is 13.4. The minimum absolute atomic E-state index is 0.0730. The molecule has 4 rings (SSSR count). The van der Waals surface area contributed by atoms with Gasteiger partial charge in [-0.05, 0) is 44.2 Å². The number of carbonyl (C=O) groups excluding carboxylic acids is 2. The van der Waals surface area contributed by atoms with E-state index in [1.54, 1.807) is 37.4 Å². The zero-order valence-electron chi connectivity index (χ0n) is 16.8. The number of benzene rings is 2. The van der Waals surface area contributed by atoms with E-state index in [1.807, 2.05) is 38.2 Å². The van der Waals surface area contributed by atoms with Crippen molar-refractivity contribution in [2.75, 3.05) is 25.1 Å². The molecule has 2 amide bonds. The molecule has 0 N–H and O–H groups in total. The fraction of sp³-hybridized carbons (Fsp3) is 0.304. The number of imide groups is 1. The Hall–Kier alpha value is -3.12. The summed E-state index contributed by atoms with van der Waals surface area (Å²) in [6.07, 6.45) is 2.02. The third-order valence-corrected chi connectivity index (χ3v) is 5.17. The Bertz CT molecular complexity index is 957. The Morgan fingerprint density at radius 2 is 1.55 bits per heavy atom. The van der Waals surface area contributed by atoms with E-state index in [0.29, 0.717) is 41.2 Å². The number of carbonyl (C=O) groups is 2. The molecule has 2 unspecified atom stereocenters. The van der Waals surface area contributed by atoms with Crippen LogP contribution in [0, 0.1) is 0 Å². The summed E-state index contributed by atoms with van der Waals surface area (Å²) in [5, 5.41) is 0. The Balaban J connectivity index is 1.77. The highest BCUT2D eigenvalue weighted by Gasteiger charge is 2.36. The van der Waals surface area contributed by atoms with Gasteiger partial charge in [0.2, 0.25) is 0 Å². The molecule has 2 aromatic carbocycles. The minimum atomic E-state index is -0.328. The van der Waals surface area contributed by atoms with Crippen molar-refractivity contribution in [2.24, 2.45) is 0 Å². The fourth-order valence-electron chi connectivity index (χ4n) is 3.95. The van der Waals surface area contributed by atoms with Gasteiger partial charge < -0.3 is 14.4 Å². The maximum absolute atomic E-state index is 13.4. The molecule has 2 heterocycles. The van der Waals surface area contributed by atoms with Gasteiger partial charge in [0.25, 0.3) is 11.8 Å². The van der Waals surface area contributed by atoms with Gasteiger partial charge in [0.05, 0.1) is 30.6 Å². The summed E-state index contributed by atoms with van der Waals surface area (Å²) in [5.74, 6) is 0.0143. The summed E-state index contributed by atoms with van der Waals surface area (Å²) in [5.41, 5.74) is 2.21. The molecular weight excluding hydrogens is 368 g/mol. The molecule has 0 aliphatic carbocycles. The van der Waals surface area contributed by atoms with Crippen LogP contribution in [0.3, 0.4) is 0 Å². The molecule has 29 heavy (non-hydrogen) atoms. The van der Waals surface area contributed by atoms with E-state index in [9.17, 15) is 9.59 Å². The third kappa shape index (κ3) is 3.63. The van der Waals surface area contributed by atoms with Crippen molar-refractivity contribution >= 4 is 23.1 Å². The summed E-state index contributed by atoms with van der Waals surface area (Å²) < 4.78 is 11.0. The average Bonchev–Trinajstić information content (AvgIpc) is 2.71. The van der Waals surface area contributed by atoms with Gasteiger partial charge in [0.1, 0.15) is 5.75 Å². The zero-order chi connectivity index (χ0) is 20.5. The number of ether oxygens (including phenoxy) is 2. The SMILES string of the molecule is COc1ccc(N2C(=O)C(=CN3CC(C)OC(C)C3)c3ccccc3C2=O)cc1. The second-order valence-electron chi connectivity index (χ2n) is 7.44. The van der Waals surface area contributed by atoms with Gasteiger partial charge in [-0.3, -0.25) is 9.59 Å². The van der Waals surface area contributed by atoms with Gasteiger partial charge in [-0.2, -0.15) is 0 Å². The summed E-state index contributed by atoms with van der Waals surface area (Å²) in [6, 6.07) is 14.2. The predicted octanol–water partition coefficient (Wildman–Crippen LogP) is 3.33. The van der Waals surface area contributed by atoms with Crippen LogP contribution >= 0.6 is 0 Å². The molecule has 0 bridgehead atoms. The number of methoxy groups -OCH3 is 1. The molecule has 2 aromatic rings. The molecule has 6 nitrogen and oxygen atoms in total. The first-order valence-electron chi connectivity index (χ1n) is 9.71.